The van der Waals surface area contributed by atoms with Gasteiger partial charge < -0.3 is 10.1 Å². The van der Waals surface area contributed by atoms with E-state index in [1.54, 1.807) is 12.3 Å². The Balaban J connectivity index is 1.93. The van der Waals surface area contributed by atoms with Gasteiger partial charge in [0, 0.05) is 25.0 Å². The van der Waals surface area contributed by atoms with Crippen molar-refractivity contribution in [2.75, 3.05) is 7.11 Å². The molecule has 108 valence electrons. The Bertz CT molecular complexity index is 542. The second-order valence-electron chi connectivity index (χ2n) is 4.87. The van der Waals surface area contributed by atoms with Crippen LogP contribution in [0.25, 0.3) is 0 Å². The molecule has 4 nitrogen and oxygen atoms in total. The van der Waals surface area contributed by atoms with Gasteiger partial charge in [-0.05, 0) is 37.6 Å². The van der Waals surface area contributed by atoms with Crippen LogP contribution in [0.5, 0.6) is 5.75 Å². The highest BCUT2D eigenvalue weighted by atomic mass is 19.1. The summed E-state index contributed by atoms with van der Waals surface area (Å²) >= 11 is 0. The number of methoxy groups -OCH3 is 1. The average molecular weight is 277 g/mol. The molecular formula is C15H20FN3O. The van der Waals surface area contributed by atoms with Gasteiger partial charge in [-0.25, -0.2) is 4.39 Å². The van der Waals surface area contributed by atoms with Gasteiger partial charge in [-0.3, -0.25) is 4.68 Å². The number of ether oxygens (including phenoxy) is 1. The van der Waals surface area contributed by atoms with Gasteiger partial charge in [0.15, 0.2) is 11.6 Å². The summed E-state index contributed by atoms with van der Waals surface area (Å²) in [6, 6.07) is 7.36. The van der Waals surface area contributed by atoms with E-state index in [9.17, 15) is 4.39 Å². The summed E-state index contributed by atoms with van der Waals surface area (Å²) in [4.78, 5) is 0. The van der Waals surface area contributed by atoms with Gasteiger partial charge in [0.1, 0.15) is 0 Å². The lowest BCUT2D eigenvalue weighted by atomic mass is 10.1. The lowest BCUT2D eigenvalue weighted by molar-refractivity contribution is 0.364. The van der Waals surface area contributed by atoms with Crippen LogP contribution in [-0.2, 0) is 6.54 Å². The fourth-order valence-electron chi connectivity index (χ4n) is 2.02. The summed E-state index contributed by atoms with van der Waals surface area (Å²) < 4.78 is 20.4. The smallest absolute Gasteiger partial charge is 0.165 e. The van der Waals surface area contributed by atoms with Crippen molar-refractivity contribution in [1.82, 2.24) is 15.1 Å². The molecule has 0 bridgehead atoms. The van der Waals surface area contributed by atoms with Crippen LogP contribution in [-0.4, -0.2) is 22.9 Å². The number of halogens is 1. The van der Waals surface area contributed by atoms with Crippen molar-refractivity contribution in [3.05, 3.63) is 48.0 Å². The Morgan fingerprint density at radius 2 is 2.20 bits per heavy atom. The van der Waals surface area contributed by atoms with Crippen molar-refractivity contribution >= 4 is 0 Å². The lowest BCUT2D eigenvalue weighted by Crippen LogP contribution is -2.33. The minimum Gasteiger partial charge on any atom is -0.494 e. The third-order valence-corrected chi connectivity index (χ3v) is 3.51. The third kappa shape index (κ3) is 3.36. The molecule has 1 N–H and O–H groups in total. The maximum absolute atomic E-state index is 13.6. The fourth-order valence-corrected chi connectivity index (χ4v) is 2.02. The van der Waals surface area contributed by atoms with E-state index in [2.05, 4.69) is 24.3 Å². The molecular weight excluding hydrogens is 257 g/mol. The summed E-state index contributed by atoms with van der Waals surface area (Å²) in [5.74, 6) is -0.0636. The molecule has 2 aromatic rings. The molecule has 20 heavy (non-hydrogen) atoms. The Kier molecular flexibility index (Phi) is 4.74. The Morgan fingerprint density at radius 1 is 1.40 bits per heavy atom. The molecule has 0 saturated heterocycles. The number of nitrogens with zero attached hydrogens (tertiary/aromatic N) is 2. The highest BCUT2D eigenvalue weighted by molar-refractivity contribution is 5.29. The number of benzene rings is 1. The molecule has 1 aromatic heterocycles. The lowest BCUT2D eigenvalue weighted by Gasteiger charge is -2.22. The van der Waals surface area contributed by atoms with Gasteiger partial charge in [0.05, 0.1) is 13.2 Å². The second kappa shape index (κ2) is 6.52. The molecule has 0 aliphatic rings. The van der Waals surface area contributed by atoms with E-state index in [-0.39, 0.29) is 23.7 Å². The predicted octanol–water partition coefficient (Wildman–Crippen LogP) is 2.77. The van der Waals surface area contributed by atoms with Crippen LogP contribution in [0.15, 0.2) is 36.7 Å². The number of aromatic nitrogens is 2. The Labute approximate surface area is 118 Å². The first-order chi connectivity index (χ1) is 9.61. The van der Waals surface area contributed by atoms with Crippen molar-refractivity contribution in [3.63, 3.8) is 0 Å². The molecule has 0 radical (unpaired) electrons. The molecule has 0 spiro atoms. The number of hydrogen-bond donors (Lipinski definition) is 1. The van der Waals surface area contributed by atoms with E-state index in [0.717, 1.165) is 5.56 Å². The summed E-state index contributed by atoms with van der Waals surface area (Å²) in [6.07, 6.45) is 3.71. The first-order valence-corrected chi connectivity index (χ1v) is 6.66. The minimum absolute atomic E-state index is 0.222. The third-order valence-electron chi connectivity index (χ3n) is 3.51. The first-order valence-electron chi connectivity index (χ1n) is 6.66. The maximum atomic E-state index is 13.6. The van der Waals surface area contributed by atoms with E-state index < -0.39 is 0 Å². The standard InChI is InChI=1S/C15H20FN3O/c1-11(12(2)19-8-4-7-18-19)17-10-13-5-6-15(20-3)14(16)9-13/h4-9,11-12,17H,10H2,1-3H3. The minimum atomic E-state index is -0.334. The molecule has 0 saturated carbocycles. The summed E-state index contributed by atoms with van der Waals surface area (Å²) in [6.45, 7) is 4.79. The van der Waals surface area contributed by atoms with Crippen molar-refractivity contribution < 1.29 is 9.13 Å². The van der Waals surface area contributed by atoms with Crippen LogP contribution < -0.4 is 10.1 Å². The molecule has 0 amide bonds. The summed E-state index contributed by atoms with van der Waals surface area (Å²) in [5, 5.41) is 7.61. The number of hydrogen-bond acceptors (Lipinski definition) is 3. The van der Waals surface area contributed by atoms with Crippen LogP contribution in [0.4, 0.5) is 4.39 Å². The van der Waals surface area contributed by atoms with Crippen molar-refractivity contribution in [3.8, 4) is 5.75 Å². The van der Waals surface area contributed by atoms with Crippen LogP contribution in [0.1, 0.15) is 25.5 Å². The van der Waals surface area contributed by atoms with Crippen LogP contribution in [0.2, 0.25) is 0 Å². The molecule has 5 heteroatoms. The van der Waals surface area contributed by atoms with E-state index >= 15 is 0 Å². The molecule has 0 aliphatic heterocycles. The number of rotatable bonds is 6. The average Bonchev–Trinajstić information content (AvgIpc) is 2.98. The summed E-state index contributed by atoms with van der Waals surface area (Å²) in [7, 11) is 1.46. The zero-order chi connectivity index (χ0) is 14.5. The van der Waals surface area contributed by atoms with Gasteiger partial charge >= 0.3 is 0 Å². The predicted molar refractivity (Wildman–Crippen MR) is 76.2 cm³/mol. The highest BCUT2D eigenvalue weighted by Crippen LogP contribution is 2.18. The fraction of sp³-hybridized carbons (Fsp3) is 0.400. The molecule has 0 fully saturated rings. The number of nitrogens with one attached hydrogen (secondary N) is 1. The van der Waals surface area contributed by atoms with E-state index in [0.29, 0.717) is 6.54 Å². The normalized spacial score (nSPS) is 14.0. The van der Waals surface area contributed by atoms with Crippen LogP contribution >= 0.6 is 0 Å². The Hall–Kier alpha value is -1.88. The quantitative estimate of drug-likeness (QED) is 0.882. The van der Waals surface area contributed by atoms with Crippen molar-refractivity contribution in [2.45, 2.75) is 32.5 Å². The van der Waals surface area contributed by atoms with Crippen molar-refractivity contribution in [1.29, 1.82) is 0 Å². The van der Waals surface area contributed by atoms with E-state index in [1.807, 2.05) is 23.0 Å². The largest absolute Gasteiger partial charge is 0.494 e. The maximum Gasteiger partial charge on any atom is 0.165 e. The van der Waals surface area contributed by atoms with Crippen LogP contribution in [0, 0.1) is 5.82 Å². The van der Waals surface area contributed by atoms with Gasteiger partial charge in [0.2, 0.25) is 0 Å². The van der Waals surface area contributed by atoms with Gasteiger partial charge in [-0.2, -0.15) is 5.10 Å². The van der Waals surface area contributed by atoms with Gasteiger partial charge in [-0.1, -0.05) is 6.07 Å². The molecule has 2 atom stereocenters. The van der Waals surface area contributed by atoms with Crippen LogP contribution in [0.3, 0.4) is 0 Å². The molecule has 2 rings (SSSR count). The second-order valence-corrected chi connectivity index (χ2v) is 4.87. The van der Waals surface area contributed by atoms with E-state index in [1.165, 1.54) is 13.2 Å². The molecule has 1 aromatic carbocycles. The summed E-state index contributed by atoms with van der Waals surface area (Å²) in [5.41, 5.74) is 0.891. The Morgan fingerprint density at radius 3 is 2.80 bits per heavy atom. The topological polar surface area (TPSA) is 39.1 Å². The van der Waals surface area contributed by atoms with Gasteiger partial charge in [-0.15, -0.1) is 0 Å². The first kappa shape index (κ1) is 14.5. The molecule has 0 aliphatic carbocycles. The molecule has 1 heterocycles. The zero-order valence-corrected chi connectivity index (χ0v) is 12.0. The van der Waals surface area contributed by atoms with Crippen molar-refractivity contribution in [2.24, 2.45) is 0 Å². The van der Waals surface area contributed by atoms with Gasteiger partial charge in [0.25, 0.3) is 0 Å². The van der Waals surface area contributed by atoms with E-state index in [4.69, 9.17) is 4.74 Å². The molecule has 2 unspecified atom stereocenters. The zero-order valence-electron chi connectivity index (χ0n) is 12.0. The monoisotopic (exact) mass is 277 g/mol. The SMILES string of the molecule is COc1ccc(CNC(C)C(C)n2cccn2)cc1F. The highest BCUT2D eigenvalue weighted by Gasteiger charge is 2.13.